The summed E-state index contributed by atoms with van der Waals surface area (Å²) in [4.78, 5) is 12.7. The molecule has 0 saturated carbocycles. The average molecular weight is 505 g/mol. The molecule has 0 fully saturated rings. The zero-order valence-electron chi connectivity index (χ0n) is 18.6. The summed E-state index contributed by atoms with van der Waals surface area (Å²) in [5.74, 6) is 0.635. The fourth-order valence-electron chi connectivity index (χ4n) is 3.10. The van der Waals surface area contributed by atoms with Crippen molar-refractivity contribution in [1.29, 1.82) is 5.26 Å². The standard InChI is InChI=1S/C27H25BrN2O3/c1-3-19-10-12-23(13-11-19)30-27(31)22(17-29)14-21-15-25(32-4-2)26(16-24(21)28)33-18-20-8-6-5-7-9-20/h5-16H,3-4,18H2,1-2H3,(H,30,31)/b22-14+. The molecule has 0 aromatic heterocycles. The number of nitriles is 1. The van der Waals surface area contributed by atoms with Crippen LogP contribution in [0.1, 0.15) is 30.5 Å². The van der Waals surface area contributed by atoms with E-state index in [-0.39, 0.29) is 5.57 Å². The first kappa shape index (κ1) is 24.1. The predicted octanol–water partition coefficient (Wildman–Crippen LogP) is 6.53. The Balaban J connectivity index is 1.82. The Morgan fingerprint density at radius 2 is 1.70 bits per heavy atom. The van der Waals surface area contributed by atoms with Gasteiger partial charge in [-0.2, -0.15) is 5.26 Å². The number of amides is 1. The lowest BCUT2D eigenvalue weighted by Gasteiger charge is -2.14. The van der Waals surface area contributed by atoms with E-state index in [1.807, 2.05) is 67.6 Å². The van der Waals surface area contributed by atoms with E-state index < -0.39 is 5.91 Å². The Bertz CT molecular complexity index is 1170. The number of hydrogen-bond donors (Lipinski definition) is 1. The lowest BCUT2D eigenvalue weighted by atomic mass is 10.1. The van der Waals surface area contributed by atoms with Crippen LogP contribution in [0.4, 0.5) is 5.69 Å². The third-order valence-electron chi connectivity index (χ3n) is 4.89. The first-order chi connectivity index (χ1) is 16.0. The number of carbonyl (C=O) groups is 1. The Labute approximate surface area is 202 Å². The topological polar surface area (TPSA) is 71.3 Å². The number of nitrogens with one attached hydrogen (secondary N) is 1. The maximum absolute atomic E-state index is 12.7. The van der Waals surface area contributed by atoms with Crippen LogP contribution in [0.15, 0.2) is 76.8 Å². The van der Waals surface area contributed by atoms with Crippen LogP contribution in [-0.4, -0.2) is 12.5 Å². The Hall–Kier alpha value is -3.56. The molecule has 3 rings (SSSR count). The predicted molar refractivity (Wildman–Crippen MR) is 134 cm³/mol. The van der Waals surface area contributed by atoms with Gasteiger partial charge in [0.2, 0.25) is 0 Å². The second-order valence-corrected chi connectivity index (χ2v) is 8.06. The lowest BCUT2D eigenvalue weighted by molar-refractivity contribution is -0.112. The lowest BCUT2D eigenvalue weighted by Crippen LogP contribution is -2.13. The molecule has 1 amide bonds. The second kappa shape index (κ2) is 11.9. The molecule has 0 aliphatic rings. The van der Waals surface area contributed by atoms with E-state index in [9.17, 15) is 10.1 Å². The molecule has 6 heteroatoms. The molecule has 1 N–H and O–H groups in total. The smallest absolute Gasteiger partial charge is 0.266 e. The van der Waals surface area contributed by atoms with Gasteiger partial charge in [-0.05, 0) is 60.4 Å². The molecule has 0 bridgehead atoms. The van der Waals surface area contributed by atoms with Gasteiger partial charge in [0.1, 0.15) is 18.2 Å². The number of hydrogen-bond acceptors (Lipinski definition) is 4. The van der Waals surface area contributed by atoms with Crippen molar-refractivity contribution < 1.29 is 14.3 Å². The summed E-state index contributed by atoms with van der Waals surface area (Å²) in [7, 11) is 0. The van der Waals surface area contributed by atoms with Gasteiger partial charge in [0.05, 0.1) is 6.61 Å². The van der Waals surface area contributed by atoms with Gasteiger partial charge in [-0.3, -0.25) is 4.79 Å². The first-order valence-electron chi connectivity index (χ1n) is 10.7. The summed E-state index contributed by atoms with van der Waals surface area (Å²) in [5.41, 5.74) is 3.47. The van der Waals surface area contributed by atoms with Gasteiger partial charge >= 0.3 is 0 Å². The molecule has 33 heavy (non-hydrogen) atoms. The van der Waals surface area contributed by atoms with Gasteiger partial charge in [-0.25, -0.2) is 0 Å². The highest BCUT2D eigenvalue weighted by atomic mass is 79.9. The van der Waals surface area contributed by atoms with Gasteiger partial charge in [-0.1, -0.05) is 65.3 Å². The maximum Gasteiger partial charge on any atom is 0.266 e. The van der Waals surface area contributed by atoms with Crippen molar-refractivity contribution in [2.45, 2.75) is 26.9 Å². The summed E-state index contributed by atoms with van der Waals surface area (Å²) >= 11 is 3.53. The van der Waals surface area contributed by atoms with E-state index in [1.165, 1.54) is 11.6 Å². The minimum atomic E-state index is -0.476. The summed E-state index contributed by atoms with van der Waals surface area (Å²) in [6.45, 7) is 4.80. The van der Waals surface area contributed by atoms with Crippen LogP contribution in [0, 0.1) is 11.3 Å². The van der Waals surface area contributed by atoms with E-state index in [4.69, 9.17) is 9.47 Å². The number of nitrogens with zero attached hydrogens (tertiary/aromatic N) is 1. The van der Waals surface area contributed by atoms with Crippen LogP contribution < -0.4 is 14.8 Å². The highest BCUT2D eigenvalue weighted by molar-refractivity contribution is 9.10. The number of aryl methyl sites for hydroxylation is 1. The van der Waals surface area contributed by atoms with Crippen molar-refractivity contribution in [2.75, 3.05) is 11.9 Å². The van der Waals surface area contributed by atoms with Crippen LogP contribution in [-0.2, 0) is 17.8 Å². The molecule has 0 aliphatic heterocycles. The summed E-state index contributed by atoms with van der Waals surface area (Å²) in [6, 6.07) is 22.9. The fraction of sp³-hybridized carbons (Fsp3) is 0.185. The molecule has 0 radical (unpaired) electrons. The molecule has 0 spiro atoms. The highest BCUT2D eigenvalue weighted by Gasteiger charge is 2.14. The van der Waals surface area contributed by atoms with Gasteiger partial charge in [0.15, 0.2) is 11.5 Å². The number of halogens is 1. The summed E-state index contributed by atoms with van der Waals surface area (Å²) < 4.78 is 12.4. The molecular weight excluding hydrogens is 480 g/mol. The van der Waals surface area contributed by atoms with Crippen LogP contribution in [0.2, 0.25) is 0 Å². The van der Waals surface area contributed by atoms with Crippen LogP contribution in [0.25, 0.3) is 6.08 Å². The normalized spacial score (nSPS) is 10.9. The minimum absolute atomic E-state index is 0.0179. The van der Waals surface area contributed by atoms with Crippen molar-refractivity contribution in [3.63, 3.8) is 0 Å². The van der Waals surface area contributed by atoms with Gasteiger partial charge in [-0.15, -0.1) is 0 Å². The molecule has 0 saturated heterocycles. The first-order valence-corrected chi connectivity index (χ1v) is 11.5. The zero-order valence-corrected chi connectivity index (χ0v) is 20.2. The monoisotopic (exact) mass is 504 g/mol. The van der Waals surface area contributed by atoms with Crippen molar-refractivity contribution in [1.82, 2.24) is 0 Å². The number of carbonyl (C=O) groups excluding carboxylic acids is 1. The van der Waals surface area contributed by atoms with Gasteiger partial charge in [0, 0.05) is 10.2 Å². The molecule has 5 nitrogen and oxygen atoms in total. The number of rotatable bonds is 9. The molecular formula is C27H25BrN2O3. The molecule has 0 atom stereocenters. The molecule has 0 heterocycles. The Kier molecular flexibility index (Phi) is 8.68. The quantitative estimate of drug-likeness (QED) is 0.265. The van der Waals surface area contributed by atoms with Crippen molar-refractivity contribution in [3.8, 4) is 17.6 Å². The van der Waals surface area contributed by atoms with E-state index in [1.54, 1.807) is 12.1 Å². The molecule has 3 aromatic carbocycles. The number of benzene rings is 3. The minimum Gasteiger partial charge on any atom is -0.490 e. The molecule has 168 valence electrons. The summed E-state index contributed by atoms with van der Waals surface area (Å²) in [6.07, 6.45) is 2.45. The van der Waals surface area contributed by atoms with Crippen LogP contribution in [0.3, 0.4) is 0 Å². The zero-order chi connectivity index (χ0) is 23.6. The molecule has 0 unspecified atom stereocenters. The molecule has 0 aliphatic carbocycles. The number of ether oxygens (including phenoxy) is 2. The third-order valence-corrected chi connectivity index (χ3v) is 5.57. The highest BCUT2D eigenvalue weighted by Crippen LogP contribution is 2.35. The maximum atomic E-state index is 12.7. The largest absolute Gasteiger partial charge is 0.490 e. The second-order valence-electron chi connectivity index (χ2n) is 7.20. The Morgan fingerprint density at radius 1 is 1.00 bits per heavy atom. The van der Waals surface area contributed by atoms with Crippen LogP contribution in [0.5, 0.6) is 11.5 Å². The fourth-order valence-corrected chi connectivity index (χ4v) is 3.54. The number of anilines is 1. The van der Waals surface area contributed by atoms with Crippen LogP contribution >= 0.6 is 15.9 Å². The Morgan fingerprint density at radius 3 is 2.33 bits per heavy atom. The SMILES string of the molecule is CCOc1cc(/C=C(\C#N)C(=O)Nc2ccc(CC)cc2)c(Br)cc1OCc1ccccc1. The van der Waals surface area contributed by atoms with Gasteiger partial charge < -0.3 is 14.8 Å². The van der Waals surface area contributed by atoms with E-state index in [0.717, 1.165) is 12.0 Å². The third kappa shape index (κ3) is 6.71. The molecule has 3 aromatic rings. The van der Waals surface area contributed by atoms with E-state index in [2.05, 4.69) is 28.2 Å². The van der Waals surface area contributed by atoms with Crippen molar-refractivity contribution in [2.24, 2.45) is 0 Å². The van der Waals surface area contributed by atoms with Crippen molar-refractivity contribution in [3.05, 3.63) is 93.5 Å². The average Bonchev–Trinajstić information content (AvgIpc) is 2.84. The van der Waals surface area contributed by atoms with E-state index >= 15 is 0 Å². The van der Waals surface area contributed by atoms with Gasteiger partial charge in [0.25, 0.3) is 5.91 Å². The van der Waals surface area contributed by atoms with Crippen molar-refractivity contribution >= 4 is 33.6 Å². The summed E-state index contributed by atoms with van der Waals surface area (Å²) in [5, 5.41) is 12.4. The van der Waals surface area contributed by atoms with E-state index in [0.29, 0.717) is 40.4 Å².